The molecule has 8 nitrogen and oxygen atoms in total. The standard InChI is InChI=1S/C43H79NO7/c1-6-8-10-12-14-16-17-18-19-20-21-22-23-24-26-27-29-31-33-41(45)50-38-39(37-49-36-35-40(43(47)48)44(3,4)5)51-42(46)34-32-30-28-25-15-13-11-9-7-2/h19-22,39-40H,6-18,23-38H2,1-5H3/p+1/b20-19+,22-21+. The fourth-order valence-electron chi connectivity index (χ4n) is 6.08. The van der Waals surface area contributed by atoms with Gasteiger partial charge in [-0.3, -0.25) is 9.59 Å². The molecule has 0 heterocycles. The molecular formula is C43H80NO7+. The highest BCUT2D eigenvalue weighted by Crippen LogP contribution is 2.14. The first-order valence-electron chi connectivity index (χ1n) is 20.9. The van der Waals surface area contributed by atoms with E-state index in [-0.39, 0.29) is 36.2 Å². The number of unbranched alkanes of at least 4 members (excludes halogenated alkanes) is 20. The molecule has 0 aromatic carbocycles. The molecule has 0 rings (SSSR count). The number of quaternary nitrogens is 1. The smallest absolute Gasteiger partial charge is 0.362 e. The highest BCUT2D eigenvalue weighted by Gasteiger charge is 2.31. The van der Waals surface area contributed by atoms with Crippen molar-refractivity contribution in [3.05, 3.63) is 24.3 Å². The maximum atomic E-state index is 12.6. The Balaban J connectivity index is 4.32. The second-order valence-electron chi connectivity index (χ2n) is 15.3. The summed E-state index contributed by atoms with van der Waals surface area (Å²) >= 11 is 0. The zero-order chi connectivity index (χ0) is 37.8. The molecule has 0 aliphatic rings. The number of aliphatic carboxylic acids is 1. The van der Waals surface area contributed by atoms with Gasteiger partial charge in [0.05, 0.1) is 34.4 Å². The van der Waals surface area contributed by atoms with Crippen LogP contribution in [0.2, 0.25) is 0 Å². The van der Waals surface area contributed by atoms with Crippen molar-refractivity contribution in [3.8, 4) is 0 Å². The van der Waals surface area contributed by atoms with Gasteiger partial charge in [0.25, 0.3) is 0 Å². The van der Waals surface area contributed by atoms with Gasteiger partial charge in [-0.1, -0.05) is 147 Å². The van der Waals surface area contributed by atoms with E-state index in [0.717, 1.165) is 57.8 Å². The Labute approximate surface area is 313 Å². The first kappa shape index (κ1) is 48.8. The number of carboxylic acids is 1. The Bertz CT molecular complexity index is 895. The van der Waals surface area contributed by atoms with Gasteiger partial charge in [0.2, 0.25) is 0 Å². The molecule has 2 unspecified atom stereocenters. The van der Waals surface area contributed by atoms with Crippen LogP contribution in [-0.4, -0.2) is 80.6 Å². The van der Waals surface area contributed by atoms with Gasteiger partial charge in [0, 0.05) is 19.3 Å². The van der Waals surface area contributed by atoms with Crippen molar-refractivity contribution in [1.29, 1.82) is 0 Å². The monoisotopic (exact) mass is 723 g/mol. The Morgan fingerprint density at radius 1 is 0.588 bits per heavy atom. The molecule has 0 aromatic rings. The normalized spacial score (nSPS) is 13.2. The Hall–Kier alpha value is -2.19. The topological polar surface area (TPSA) is 99.1 Å². The summed E-state index contributed by atoms with van der Waals surface area (Å²) in [7, 11) is 5.51. The maximum Gasteiger partial charge on any atom is 0.362 e. The van der Waals surface area contributed by atoms with E-state index in [1.165, 1.54) is 89.9 Å². The van der Waals surface area contributed by atoms with E-state index in [4.69, 9.17) is 14.2 Å². The fraction of sp³-hybridized carbons (Fsp3) is 0.837. The summed E-state index contributed by atoms with van der Waals surface area (Å²) in [5.41, 5.74) is 0. The minimum Gasteiger partial charge on any atom is -0.477 e. The Morgan fingerprint density at radius 3 is 1.47 bits per heavy atom. The van der Waals surface area contributed by atoms with Crippen LogP contribution in [0.3, 0.4) is 0 Å². The molecule has 1 N–H and O–H groups in total. The molecule has 0 radical (unpaired) electrons. The van der Waals surface area contributed by atoms with Crippen LogP contribution in [0.15, 0.2) is 24.3 Å². The van der Waals surface area contributed by atoms with Gasteiger partial charge in [-0.05, 0) is 38.5 Å². The van der Waals surface area contributed by atoms with E-state index in [1.807, 2.05) is 21.1 Å². The molecule has 0 aromatic heterocycles. The lowest BCUT2D eigenvalue weighted by atomic mass is 10.1. The summed E-state index contributed by atoms with van der Waals surface area (Å²) in [6.07, 6.45) is 36.5. The number of hydrogen-bond donors (Lipinski definition) is 1. The van der Waals surface area contributed by atoms with Crippen LogP contribution in [0.25, 0.3) is 0 Å². The third kappa shape index (κ3) is 33.4. The summed E-state index contributed by atoms with van der Waals surface area (Å²) in [6.45, 7) is 4.69. The minimum atomic E-state index is -0.877. The van der Waals surface area contributed by atoms with Crippen molar-refractivity contribution in [3.63, 3.8) is 0 Å². The van der Waals surface area contributed by atoms with Crippen LogP contribution in [0.4, 0.5) is 0 Å². The van der Waals surface area contributed by atoms with E-state index < -0.39 is 18.1 Å². The number of carbonyl (C=O) groups excluding carboxylic acids is 2. The van der Waals surface area contributed by atoms with Crippen LogP contribution < -0.4 is 0 Å². The largest absolute Gasteiger partial charge is 0.477 e. The molecule has 0 aliphatic carbocycles. The van der Waals surface area contributed by atoms with Crippen molar-refractivity contribution in [2.75, 3.05) is 41.0 Å². The summed E-state index contributed by atoms with van der Waals surface area (Å²) < 4.78 is 17.2. The summed E-state index contributed by atoms with van der Waals surface area (Å²) in [6, 6.07) is -0.613. The SMILES string of the molecule is CCCCCCCCC/C=C/C=C/CCCCCCCC(=O)OCC(COCCC(C(=O)O)[N+](C)(C)C)OC(=O)CCCCCCCCCCC. The lowest BCUT2D eigenvalue weighted by Crippen LogP contribution is -2.50. The molecule has 298 valence electrons. The number of esters is 2. The highest BCUT2D eigenvalue weighted by atomic mass is 16.6. The molecule has 0 bridgehead atoms. The van der Waals surface area contributed by atoms with Gasteiger partial charge < -0.3 is 23.8 Å². The van der Waals surface area contributed by atoms with E-state index in [2.05, 4.69) is 38.2 Å². The van der Waals surface area contributed by atoms with Crippen LogP contribution in [-0.2, 0) is 28.6 Å². The van der Waals surface area contributed by atoms with Crippen molar-refractivity contribution >= 4 is 17.9 Å². The maximum absolute atomic E-state index is 12.6. The Morgan fingerprint density at radius 2 is 1.02 bits per heavy atom. The van der Waals surface area contributed by atoms with E-state index in [9.17, 15) is 19.5 Å². The first-order chi connectivity index (χ1) is 24.6. The molecule has 0 fully saturated rings. The number of rotatable bonds is 37. The lowest BCUT2D eigenvalue weighted by molar-refractivity contribution is -0.887. The third-order valence-electron chi connectivity index (χ3n) is 9.38. The quantitative estimate of drug-likeness (QED) is 0.0295. The van der Waals surface area contributed by atoms with Gasteiger partial charge in [0.1, 0.15) is 6.61 Å². The van der Waals surface area contributed by atoms with Crippen molar-refractivity contribution in [2.24, 2.45) is 0 Å². The zero-order valence-corrected chi connectivity index (χ0v) is 33.8. The second kappa shape index (κ2) is 34.9. The minimum absolute atomic E-state index is 0.0557. The summed E-state index contributed by atoms with van der Waals surface area (Å²) in [4.78, 5) is 36.8. The number of allylic oxidation sites excluding steroid dienone is 4. The average Bonchev–Trinajstić information content (AvgIpc) is 3.08. The summed E-state index contributed by atoms with van der Waals surface area (Å²) in [5, 5.41) is 9.58. The molecule has 8 heteroatoms. The fourth-order valence-corrected chi connectivity index (χ4v) is 6.08. The zero-order valence-electron chi connectivity index (χ0n) is 33.8. The number of nitrogens with zero attached hydrogens (tertiary/aromatic N) is 1. The number of carbonyl (C=O) groups is 3. The van der Waals surface area contributed by atoms with E-state index in [0.29, 0.717) is 19.3 Å². The van der Waals surface area contributed by atoms with Gasteiger partial charge in [-0.15, -0.1) is 0 Å². The van der Waals surface area contributed by atoms with E-state index in [1.54, 1.807) is 0 Å². The van der Waals surface area contributed by atoms with Crippen LogP contribution >= 0.6 is 0 Å². The number of hydrogen-bond acceptors (Lipinski definition) is 6. The van der Waals surface area contributed by atoms with Crippen molar-refractivity contribution in [2.45, 2.75) is 193 Å². The van der Waals surface area contributed by atoms with Gasteiger partial charge in [0.15, 0.2) is 12.1 Å². The van der Waals surface area contributed by atoms with Gasteiger partial charge in [-0.2, -0.15) is 0 Å². The van der Waals surface area contributed by atoms with Crippen LogP contribution in [0.1, 0.15) is 181 Å². The molecule has 0 spiro atoms. The molecular weight excluding hydrogens is 642 g/mol. The van der Waals surface area contributed by atoms with Crippen molar-refractivity contribution in [1.82, 2.24) is 0 Å². The van der Waals surface area contributed by atoms with Gasteiger partial charge >= 0.3 is 17.9 Å². The van der Waals surface area contributed by atoms with E-state index >= 15 is 0 Å². The van der Waals surface area contributed by atoms with Crippen molar-refractivity contribution < 1.29 is 38.2 Å². The lowest BCUT2D eigenvalue weighted by Gasteiger charge is -2.31. The molecule has 0 aliphatic heterocycles. The molecule has 0 saturated carbocycles. The predicted molar refractivity (Wildman–Crippen MR) is 211 cm³/mol. The van der Waals surface area contributed by atoms with Crippen LogP contribution in [0, 0.1) is 0 Å². The highest BCUT2D eigenvalue weighted by molar-refractivity contribution is 5.72. The summed E-state index contributed by atoms with van der Waals surface area (Å²) in [5.74, 6) is -1.48. The van der Waals surface area contributed by atoms with Crippen LogP contribution in [0.5, 0.6) is 0 Å². The average molecular weight is 723 g/mol. The molecule has 0 saturated heterocycles. The number of ether oxygens (including phenoxy) is 3. The third-order valence-corrected chi connectivity index (χ3v) is 9.38. The number of likely N-dealkylation sites (N-methyl/N-ethyl adjacent to an activating group) is 1. The molecule has 0 amide bonds. The second-order valence-corrected chi connectivity index (χ2v) is 15.3. The molecule has 2 atom stereocenters. The predicted octanol–water partition coefficient (Wildman–Crippen LogP) is 10.9. The van der Waals surface area contributed by atoms with Gasteiger partial charge in [-0.25, -0.2) is 4.79 Å². The Kier molecular flexibility index (Phi) is 33.4. The first-order valence-corrected chi connectivity index (χ1v) is 20.9. The number of carboxylic acid groups (broad SMARTS) is 1. The molecule has 51 heavy (non-hydrogen) atoms.